The van der Waals surface area contributed by atoms with Crippen LogP contribution in [-0.4, -0.2) is 37.9 Å². The standard InChI is InChI=1S/C41H72O5/c1-4-7-10-13-16-18-20-21-23-24-26-28-31-34-40(42)45-38-39(37-44-36-33-30-15-12-9-6-3)46-41(43)35-32-29-27-25-22-19-17-14-11-8-5-2/h7,10,14,16-18,21,23,39H,4-6,8-9,11-13,15,19-20,22,24-38H2,1-3H3/b10-7-,17-14-,18-16-,23-21-. The minimum absolute atomic E-state index is 0.0668. The maximum absolute atomic E-state index is 12.6. The maximum atomic E-state index is 12.6. The van der Waals surface area contributed by atoms with Gasteiger partial charge in [0.2, 0.25) is 0 Å². The average Bonchev–Trinajstić information content (AvgIpc) is 3.05. The Kier molecular flexibility index (Phi) is 35.6. The van der Waals surface area contributed by atoms with Gasteiger partial charge in [0.15, 0.2) is 6.10 Å². The highest BCUT2D eigenvalue weighted by atomic mass is 16.6. The lowest BCUT2D eigenvalue weighted by Gasteiger charge is -2.18. The summed E-state index contributed by atoms with van der Waals surface area (Å²) in [5.41, 5.74) is 0. The average molecular weight is 645 g/mol. The van der Waals surface area contributed by atoms with Crippen molar-refractivity contribution >= 4 is 11.9 Å². The highest BCUT2D eigenvalue weighted by Crippen LogP contribution is 2.11. The van der Waals surface area contributed by atoms with Crippen LogP contribution >= 0.6 is 0 Å². The van der Waals surface area contributed by atoms with Crippen LogP contribution in [0.3, 0.4) is 0 Å². The summed E-state index contributed by atoms with van der Waals surface area (Å²) in [6.07, 6.45) is 42.5. The molecule has 46 heavy (non-hydrogen) atoms. The Morgan fingerprint density at radius 3 is 1.67 bits per heavy atom. The molecule has 0 saturated heterocycles. The summed E-state index contributed by atoms with van der Waals surface area (Å²) < 4.78 is 17.1. The van der Waals surface area contributed by atoms with Crippen molar-refractivity contribution in [1.29, 1.82) is 0 Å². The van der Waals surface area contributed by atoms with Crippen LogP contribution in [0.25, 0.3) is 0 Å². The second-order valence-corrected chi connectivity index (χ2v) is 12.5. The van der Waals surface area contributed by atoms with Crippen LogP contribution < -0.4 is 0 Å². The Morgan fingerprint density at radius 2 is 1.00 bits per heavy atom. The minimum Gasteiger partial charge on any atom is -0.462 e. The van der Waals surface area contributed by atoms with Gasteiger partial charge in [0, 0.05) is 19.4 Å². The molecule has 0 rings (SSSR count). The van der Waals surface area contributed by atoms with Crippen LogP contribution in [0.4, 0.5) is 0 Å². The molecule has 0 fully saturated rings. The molecule has 0 aliphatic rings. The van der Waals surface area contributed by atoms with Gasteiger partial charge in [0.05, 0.1) is 6.61 Å². The van der Waals surface area contributed by atoms with E-state index in [0.29, 0.717) is 19.4 Å². The smallest absolute Gasteiger partial charge is 0.306 e. The van der Waals surface area contributed by atoms with E-state index in [9.17, 15) is 9.59 Å². The van der Waals surface area contributed by atoms with Crippen LogP contribution in [0.2, 0.25) is 0 Å². The monoisotopic (exact) mass is 645 g/mol. The molecule has 266 valence electrons. The summed E-state index contributed by atoms with van der Waals surface area (Å²) in [5.74, 6) is -0.449. The Labute approximate surface area is 284 Å². The van der Waals surface area contributed by atoms with E-state index in [1.165, 1.54) is 57.8 Å². The minimum atomic E-state index is -0.544. The van der Waals surface area contributed by atoms with Crippen molar-refractivity contribution in [2.24, 2.45) is 0 Å². The fraction of sp³-hybridized carbons (Fsp3) is 0.756. The Balaban J connectivity index is 4.24. The Hall–Kier alpha value is -2.14. The van der Waals surface area contributed by atoms with E-state index >= 15 is 0 Å². The second-order valence-electron chi connectivity index (χ2n) is 12.5. The van der Waals surface area contributed by atoms with Crippen LogP contribution in [0.15, 0.2) is 48.6 Å². The number of hydrogen-bond donors (Lipinski definition) is 0. The van der Waals surface area contributed by atoms with Crippen LogP contribution in [-0.2, 0) is 23.8 Å². The molecule has 0 amide bonds. The van der Waals surface area contributed by atoms with Crippen molar-refractivity contribution in [3.05, 3.63) is 48.6 Å². The molecule has 0 aromatic carbocycles. The number of unbranched alkanes of at least 4 members (excludes halogenated alkanes) is 15. The molecule has 0 bridgehead atoms. The van der Waals surface area contributed by atoms with Gasteiger partial charge >= 0.3 is 11.9 Å². The molecule has 1 atom stereocenters. The molecule has 0 aliphatic carbocycles. The van der Waals surface area contributed by atoms with E-state index < -0.39 is 6.10 Å². The summed E-state index contributed by atoms with van der Waals surface area (Å²) in [5, 5.41) is 0. The van der Waals surface area contributed by atoms with Crippen molar-refractivity contribution < 1.29 is 23.8 Å². The van der Waals surface area contributed by atoms with Crippen molar-refractivity contribution in [3.63, 3.8) is 0 Å². The third-order valence-corrected chi connectivity index (χ3v) is 7.85. The lowest BCUT2D eigenvalue weighted by atomic mass is 10.1. The molecule has 0 heterocycles. The van der Waals surface area contributed by atoms with Crippen molar-refractivity contribution in [3.8, 4) is 0 Å². The summed E-state index contributed by atoms with van der Waals surface area (Å²) in [6.45, 7) is 7.58. The molecular formula is C41H72O5. The molecule has 5 nitrogen and oxygen atoms in total. The summed E-state index contributed by atoms with van der Waals surface area (Å²) in [6, 6.07) is 0. The number of hydrogen-bond acceptors (Lipinski definition) is 5. The third kappa shape index (κ3) is 34.7. The van der Waals surface area contributed by atoms with E-state index in [2.05, 4.69) is 69.4 Å². The molecule has 0 saturated carbocycles. The van der Waals surface area contributed by atoms with E-state index in [1.807, 2.05) is 0 Å². The maximum Gasteiger partial charge on any atom is 0.306 e. The second kappa shape index (κ2) is 37.3. The Morgan fingerprint density at radius 1 is 0.500 bits per heavy atom. The predicted octanol–water partition coefficient (Wildman–Crippen LogP) is 12.1. The molecular weight excluding hydrogens is 572 g/mol. The molecule has 0 spiro atoms. The predicted molar refractivity (Wildman–Crippen MR) is 196 cm³/mol. The highest BCUT2D eigenvalue weighted by Gasteiger charge is 2.17. The normalized spacial score (nSPS) is 12.7. The van der Waals surface area contributed by atoms with Gasteiger partial charge in [-0.25, -0.2) is 0 Å². The number of carbonyl (C=O) groups excluding carboxylic acids is 2. The lowest BCUT2D eigenvalue weighted by molar-refractivity contribution is -0.163. The first-order chi connectivity index (χ1) is 22.6. The summed E-state index contributed by atoms with van der Waals surface area (Å²) in [4.78, 5) is 25.0. The highest BCUT2D eigenvalue weighted by molar-refractivity contribution is 5.70. The lowest BCUT2D eigenvalue weighted by Crippen LogP contribution is -2.30. The molecule has 5 heteroatoms. The zero-order chi connectivity index (χ0) is 33.6. The van der Waals surface area contributed by atoms with Gasteiger partial charge in [-0.05, 0) is 70.6 Å². The van der Waals surface area contributed by atoms with Gasteiger partial charge in [-0.15, -0.1) is 0 Å². The molecule has 0 aliphatic heterocycles. The number of rotatable bonds is 34. The van der Waals surface area contributed by atoms with Crippen molar-refractivity contribution in [2.75, 3.05) is 19.8 Å². The number of allylic oxidation sites excluding steroid dienone is 8. The summed E-state index contributed by atoms with van der Waals surface area (Å²) >= 11 is 0. The van der Waals surface area contributed by atoms with E-state index in [0.717, 1.165) is 83.5 Å². The molecule has 0 radical (unpaired) electrons. The quantitative estimate of drug-likeness (QED) is 0.0396. The van der Waals surface area contributed by atoms with Crippen LogP contribution in [0.1, 0.15) is 175 Å². The van der Waals surface area contributed by atoms with Gasteiger partial charge in [0.1, 0.15) is 6.61 Å². The van der Waals surface area contributed by atoms with Gasteiger partial charge in [0.25, 0.3) is 0 Å². The SMILES string of the molecule is CC/C=C\C/C=C\C/C=C\CCCCCC(=O)OCC(COCCCCCCCC)OC(=O)CCCCCCC/C=C\CCCC. The fourth-order valence-corrected chi connectivity index (χ4v) is 4.97. The molecule has 0 aromatic rings. The first-order valence-electron chi connectivity index (χ1n) is 19.2. The van der Waals surface area contributed by atoms with E-state index in [1.54, 1.807) is 0 Å². The van der Waals surface area contributed by atoms with Crippen molar-refractivity contribution in [1.82, 2.24) is 0 Å². The van der Waals surface area contributed by atoms with Gasteiger partial charge in [-0.3, -0.25) is 9.59 Å². The number of ether oxygens (including phenoxy) is 3. The molecule has 1 unspecified atom stereocenters. The first kappa shape index (κ1) is 43.9. The van der Waals surface area contributed by atoms with Crippen molar-refractivity contribution in [2.45, 2.75) is 181 Å². The van der Waals surface area contributed by atoms with Crippen LogP contribution in [0, 0.1) is 0 Å². The summed E-state index contributed by atoms with van der Waals surface area (Å²) in [7, 11) is 0. The first-order valence-corrected chi connectivity index (χ1v) is 19.2. The van der Waals surface area contributed by atoms with E-state index in [4.69, 9.17) is 14.2 Å². The zero-order valence-corrected chi connectivity index (χ0v) is 30.3. The molecule has 0 aromatic heterocycles. The van der Waals surface area contributed by atoms with Crippen LogP contribution in [0.5, 0.6) is 0 Å². The Bertz CT molecular complexity index is 782. The van der Waals surface area contributed by atoms with Gasteiger partial charge in [-0.2, -0.15) is 0 Å². The third-order valence-electron chi connectivity index (χ3n) is 7.85. The van der Waals surface area contributed by atoms with Gasteiger partial charge < -0.3 is 14.2 Å². The number of esters is 2. The fourth-order valence-electron chi connectivity index (χ4n) is 4.97. The van der Waals surface area contributed by atoms with E-state index in [-0.39, 0.29) is 25.2 Å². The topological polar surface area (TPSA) is 61.8 Å². The number of carbonyl (C=O) groups is 2. The largest absolute Gasteiger partial charge is 0.462 e. The zero-order valence-electron chi connectivity index (χ0n) is 30.3. The molecule has 0 N–H and O–H groups in total. The van der Waals surface area contributed by atoms with Gasteiger partial charge in [-0.1, -0.05) is 140 Å².